The van der Waals surface area contributed by atoms with Crippen molar-refractivity contribution < 1.29 is 4.79 Å². The summed E-state index contributed by atoms with van der Waals surface area (Å²) in [6.07, 6.45) is 1.65. The maximum atomic E-state index is 12.4. The van der Waals surface area contributed by atoms with Gasteiger partial charge in [0.05, 0.1) is 17.4 Å². The summed E-state index contributed by atoms with van der Waals surface area (Å²) in [5.41, 5.74) is 2.52. The van der Waals surface area contributed by atoms with Crippen LogP contribution >= 0.6 is 0 Å². The van der Waals surface area contributed by atoms with Gasteiger partial charge < -0.3 is 15.2 Å². The van der Waals surface area contributed by atoms with Gasteiger partial charge in [0.25, 0.3) is 5.91 Å². The standard InChI is InChI=1S/C13H16N4O/c1-9-7-14-4-5-17(9)13(18)10-2-3-11-12(6-10)16-8-15-11/h2-3,6,8-9,14H,4-5,7H2,1H3,(H,15,16)/t9-/m1/s1. The van der Waals surface area contributed by atoms with E-state index in [0.29, 0.717) is 0 Å². The highest BCUT2D eigenvalue weighted by Gasteiger charge is 2.24. The second-order valence-corrected chi connectivity index (χ2v) is 4.69. The fourth-order valence-corrected chi connectivity index (χ4v) is 2.38. The highest BCUT2D eigenvalue weighted by molar-refractivity contribution is 5.97. The Morgan fingerprint density at radius 2 is 2.39 bits per heavy atom. The van der Waals surface area contributed by atoms with Crippen LogP contribution in [0.1, 0.15) is 17.3 Å². The molecular formula is C13H16N4O. The van der Waals surface area contributed by atoms with Gasteiger partial charge in [-0.1, -0.05) is 0 Å². The molecule has 0 bridgehead atoms. The second-order valence-electron chi connectivity index (χ2n) is 4.69. The summed E-state index contributed by atoms with van der Waals surface area (Å²) < 4.78 is 0. The summed E-state index contributed by atoms with van der Waals surface area (Å²) >= 11 is 0. The van der Waals surface area contributed by atoms with Crippen LogP contribution in [0.25, 0.3) is 11.0 Å². The summed E-state index contributed by atoms with van der Waals surface area (Å²) in [6.45, 7) is 4.56. The molecule has 1 saturated heterocycles. The first kappa shape index (κ1) is 11.2. The Morgan fingerprint density at radius 1 is 1.50 bits per heavy atom. The Labute approximate surface area is 105 Å². The van der Waals surface area contributed by atoms with Crippen LogP contribution in [0.15, 0.2) is 24.5 Å². The van der Waals surface area contributed by atoms with Gasteiger partial charge >= 0.3 is 0 Å². The third-order valence-electron chi connectivity index (χ3n) is 3.43. The van der Waals surface area contributed by atoms with Gasteiger partial charge in [-0.05, 0) is 25.1 Å². The van der Waals surface area contributed by atoms with Crippen LogP contribution in [0.4, 0.5) is 0 Å². The molecule has 0 spiro atoms. The fraction of sp³-hybridized carbons (Fsp3) is 0.385. The van der Waals surface area contributed by atoms with Gasteiger partial charge in [0.15, 0.2) is 0 Å². The molecule has 1 amide bonds. The molecule has 0 aliphatic carbocycles. The van der Waals surface area contributed by atoms with Gasteiger partial charge in [0.2, 0.25) is 0 Å². The lowest BCUT2D eigenvalue weighted by Crippen LogP contribution is -2.52. The molecule has 1 aliphatic rings. The van der Waals surface area contributed by atoms with Crippen LogP contribution in [0.3, 0.4) is 0 Å². The van der Waals surface area contributed by atoms with Crippen molar-refractivity contribution in [3.05, 3.63) is 30.1 Å². The molecular weight excluding hydrogens is 228 g/mol. The van der Waals surface area contributed by atoms with Gasteiger partial charge in [0, 0.05) is 31.2 Å². The monoisotopic (exact) mass is 244 g/mol. The van der Waals surface area contributed by atoms with Crippen molar-refractivity contribution in [2.24, 2.45) is 0 Å². The zero-order chi connectivity index (χ0) is 12.5. The lowest BCUT2D eigenvalue weighted by atomic mass is 10.1. The van der Waals surface area contributed by atoms with Crippen molar-refractivity contribution in [1.29, 1.82) is 0 Å². The molecule has 1 atom stereocenters. The first-order chi connectivity index (χ1) is 8.75. The maximum absolute atomic E-state index is 12.4. The molecule has 3 rings (SSSR count). The van der Waals surface area contributed by atoms with Crippen LogP contribution in [-0.4, -0.2) is 46.5 Å². The van der Waals surface area contributed by atoms with E-state index >= 15 is 0 Å². The van der Waals surface area contributed by atoms with Crippen molar-refractivity contribution in [2.45, 2.75) is 13.0 Å². The molecule has 1 aliphatic heterocycles. The minimum absolute atomic E-state index is 0.0977. The van der Waals surface area contributed by atoms with Gasteiger partial charge in [-0.15, -0.1) is 0 Å². The molecule has 2 aromatic rings. The van der Waals surface area contributed by atoms with Gasteiger partial charge in [0.1, 0.15) is 0 Å². The SMILES string of the molecule is C[C@@H]1CNCCN1C(=O)c1ccc2nc[nH]c2c1. The zero-order valence-corrected chi connectivity index (χ0v) is 10.3. The number of rotatable bonds is 1. The van der Waals surface area contributed by atoms with E-state index in [4.69, 9.17) is 0 Å². The van der Waals surface area contributed by atoms with Gasteiger partial charge in [-0.3, -0.25) is 4.79 Å². The number of hydrogen-bond donors (Lipinski definition) is 2. The molecule has 1 aromatic carbocycles. The van der Waals surface area contributed by atoms with Crippen molar-refractivity contribution in [1.82, 2.24) is 20.2 Å². The van der Waals surface area contributed by atoms with Crippen molar-refractivity contribution in [2.75, 3.05) is 19.6 Å². The number of imidazole rings is 1. The molecule has 94 valence electrons. The van der Waals surface area contributed by atoms with Crippen molar-refractivity contribution in [3.63, 3.8) is 0 Å². The molecule has 0 radical (unpaired) electrons. The first-order valence-electron chi connectivity index (χ1n) is 6.20. The lowest BCUT2D eigenvalue weighted by Gasteiger charge is -2.34. The average Bonchev–Trinajstić information content (AvgIpc) is 2.85. The second kappa shape index (κ2) is 4.42. The van der Waals surface area contributed by atoms with E-state index < -0.39 is 0 Å². The predicted molar refractivity (Wildman–Crippen MR) is 69.5 cm³/mol. The molecule has 5 heteroatoms. The van der Waals surface area contributed by atoms with E-state index in [9.17, 15) is 4.79 Å². The number of fused-ring (bicyclic) bond motifs is 1. The summed E-state index contributed by atoms with van der Waals surface area (Å²) in [5.74, 6) is 0.0977. The number of nitrogens with one attached hydrogen (secondary N) is 2. The van der Waals surface area contributed by atoms with E-state index in [2.05, 4.69) is 22.2 Å². The maximum Gasteiger partial charge on any atom is 0.254 e. The summed E-state index contributed by atoms with van der Waals surface area (Å²) in [6, 6.07) is 5.84. The molecule has 5 nitrogen and oxygen atoms in total. The Hall–Kier alpha value is -1.88. The van der Waals surface area contributed by atoms with Crippen LogP contribution < -0.4 is 5.32 Å². The van der Waals surface area contributed by atoms with Crippen LogP contribution in [-0.2, 0) is 0 Å². The molecule has 0 unspecified atom stereocenters. The Balaban J connectivity index is 1.90. The minimum Gasteiger partial charge on any atom is -0.345 e. The molecule has 2 heterocycles. The summed E-state index contributed by atoms with van der Waals surface area (Å²) in [7, 11) is 0. The Kier molecular flexibility index (Phi) is 2.76. The topological polar surface area (TPSA) is 61.0 Å². The number of hydrogen-bond acceptors (Lipinski definition) is 3. The zero-order valence-electron chi connectivity index (χ0n) is 10.3. The average molecular weight is 244 g/mol. The summed E-state index contributed by atoms with van der Waals surface area (Å²) in [5, 5.41) is 3.29. The third-order valence-corrected chi connectivity index (χ3v) is 3.43. The van der Waals surface area contributed by atoms with Crippen LogP contribution in [0.5, 0.6) is 0 Å². The quantitative estimate of drug-likeness (QED) is 0.786. The lowest BCUT2D eigenvalue weighted by molar-refractivity contribution is 0.0656. The van der Waals surface area contributed by atoms with E-state index in [1.165, 1.54) is 0 Å². The fourth-order valence-electron chi connectivity index (χ4n) is 2.38. The number of aromatic amines is 1. The molecule has 2 N–H and O–H groups in total. The number of carbonyl (C=O) groups is 1. The summed E-state index contributed by atoms with van der Waals surface area (Å²) in [4.78, 5) is 21.6. The Bertz CT molecular complexity index is 577. The molecule has 1 aromatic heterocycles. The van der Waals surface area contributed by atoms with E-state index in [0.717, 1.165) is 36.2 Å². The highest BCUT2D eigenvalue weighted by Crippen LogP contribution is 2.15. The molecule has 18 heavy (non-hydrogen) atoms. The third kappa shape index (κ3) is 1.86. The van der Waals surface area contributed by atoms with Crippen LogP contribution in [0, 0.1) is 0 Å². The van der Waals surface area contributed by atoms with Crippen molar-refractivity contribution in [3.8, 4) is 0 Å². The normalized spacial score (nSPS) is 20.3. The predicted octanol–water partition coefficient (Wildman–Crippen LogP) is 0.997. The number of piperazine rings is 1. The van der Waals surface area contributed by atoms with E-state index in [-0.39, 0.29) is 11.9 Å². The number of aromatic nitrogens is 2. The number of H-pyrrole nitrogens is 1. The number of amides is 1. The first-order valence-corrected chi connectivity index (χ1v) is 6.20. The molecule has 0 saturated carbocycles. The smallest absolute Gasteiger partial charge is 0.254 e. The highest BCUT2D eigenvalue weighted by atomic mass is 16.2. The number of carbonyl (C=O) groups excluding carboxylic acids is 1. The van der Waals surface area contributed by atoms with E-state index in [1.807, 2.05) is 23.1 Å². The number of nitrogens with zero attached hydrogens (tertiary/aromatic N) is 2. The van der Waals surface area contributed by atoms with E-state index in [1.54, 1.807) is 6.33 Å². The van der Waals surface area contributed by atoms with Crippen molar-refractivity contribution >= 4 is 16.9 Å². The van der Waals surface area contributed by atoms with Gasteiger partial charge in [-0.2, -0.15) is 0 Å². The van der Waals surface area contributed by atoms with Crippen LogP contribution in [0.2, 0.25) is 0 Å². The minimum atomic E-state index is 0.0977. The number of benzene rings is 1. The molecule has 1 fully saturated rings. The van der Waals surface area contributed by atoms with Gasteiger partial charge in [-0.25, -0.2) is 4.98 Å². The largest absolute Gasteiger partial charge is 0.345 e. The Morgan fingerprint density at radius 3 is 3.22 bits per heavy atom.